The molecule has 28 heavy (non-hydrogen) atoms. The quantitative estimate of drug-likeness (QED) is 0.542. The molecule has 1 aromatic heterocycles. The van der Waals surface area contributed by atoms with Gasteiger partial charge >= 0.3 is 5.69 Å². The zero-order valence-electron chi connectivity index (χ0n) is 15.0. The maximum absolute atomic E-state index is 12.2. The van der Waals surface area contributed by atoms with E-state index in [1.807, 2.05) is 18.2 Å². The topological polar surface area (TPSA) is 99.9 Å². The third kappa shape index (κ3) is 2.66. The molecule has 0 radical (unpaired) electrons. The maximum atomic E-state index is 12.2. The van der Waals surface area contributed by atoms with Crippen LogP contribution in [0.4, 0.5) is 0 Å². The number of H-pyrrole nitrogens is 1. The molecular formula is C19H17N5O3S. The first-order valence-electron chi connectivity index (χ1n) is 8.90. The molecule has 1 fully saturated rings. The van der Waals surface area contributed by atoms with Crippen LogP contribution in [0.15, 0.2) is 61.7 Å². The summed E-state index contributed by atoms with van der Waals surface area (Å²) in [5.74, 6) is 0.282. The van der Waals surface area contributed by atoms with E-state index >= 15 is 0 Å². The minimum Gasteiger partial charge on any atom is -0.306 e. The number of aromatic nitrogens is 2. The lowest BCUT2D eigenvalue weighted by molar-refractivity contribution is 0.549. The summed E-state index contributed by atoms with van der Waals surface area (Å²) in [7, 11) is -2.03. The van der Waals surface area contributed by atoms with Crippen molar-refractivity contribution in [1.82, 2.24) is 14.6 Å². The summed E-state index contributed by atoms with van der Waals surface area (Å²) in [5, 5.41) is 5.80. The molecule has 0 amide bonds. The van der Waals surface area contributed by atoms with Crippen LogP contribution in [0, 0.1) is 0 Å². The summed E-state index contributed by atoms with van der Waals surface area (Å²) in [6, 6.07) is 12.6. The highest BCUT2D eigenvalue weighted by molar-refractivity contribution is 7.90. The first kappa shape index (κ1) is 16.9. The second kappa shape index (κ2) is 5.90. The highest BCUT2D eigenvalue weighted by Crippen LogP contribution is 2.35. The van der Waals surface area contributed by atoms with E-state index in [0.29, 0.717) is 5.56 Å². The molecule has 5 rings (SSSR count). The van der Waals surface area contributed by atoms with Crippen LogP contribution in [0.5, 0.6) is 0 Å². The van der Waals surface area contributed by atoms with Gasteiger partial charge in [0.1, 0.15) is 4.90 Å². The Kier molecular flexibility index (Phi) is 3.57. The van der Waals surface area contributed by atoms with Gasteiger partial charge in [0.05, 0.1) is 17.2 Å². The molecule has 3 aromatic rings. The molecule has 2 aromatic carbocycles. The number of hydrogen-bond donors (Lipinski definition) is 1. The predicted molar refractivity (Wildman–Crippen MR) is 106 cm³/mol. The molecule has 1 aliphatic heterocycles. The van der Waals surface area contributed by atoms with E-state index in [9.17, 15) is 13.2 Å². The van der Waals surface area contributed by atoms with E-state index in [1.165, 1.54) is 11.1 Å². The number of benzene rings is 2. The second-order valence-corrected chi connectivity index (χ2v) is 8.53. The fourth-order valence-electron chi connectivity index (χ4n) is 3.44. The lowest BCUT2D eigenvalue weighted by atomic mass is 10.2. The van der Waals surface area contributed by atoms with Crippen LogP contribution in [0.3, 0.4) is 0 Å². The summed E-state index contributed by atoms with van der Waals surface area (Å²) in [4.78, 5) is 15.2. The van der Waals surface area contributed by atoms with Gasteiger partial charge in [0.25, 0.3) is 10.0 Å². The Morgan fingerprint density at radius 2 is 2.04 bits per heavy atom. The van der Waals surface area contributed by atoms with Gasteiger partial charge in [-0.2, -0.15) is 13.5 Å². The van der Waals surface area contributed by atoms with Crippen LogP contribution in [0.2, 0.25) is 0 Å². The van der Waals surface area contributed by atoms with Gasteiger partial charge in [-0.15, -0.1) is 4.40 Å². The van der Waals surface area contributed by atoms with E-state index in [-0.39, 0.29) is 22.5 Å². The number of amidine groups is 1. The number of fused-ring (bicyclic) bond motifs is 2. The van der Waals surface area contributed by atoms with Crippen LogP contribution in [-0.4, -0.2) is 42.1 Å². The molecule has 0 unspecified atom stereocenters. The Morgan fingerprint density at radius 3 is 2.82 bits per heavy atom. The number of rotatable bonds is 3. The van der Waals surface area contributed by atoms with Crippen molar-refractivity contribution in [3.05, 3.63) is 64.1 Å². The van der Waals surface area contributed by atoms with Crippen LogP contribution in [-0.2, 0) is 10.0 Å². The molecule has 1 saturated carbocycles. The molecule has 0 spiro atoms. The van der Waals surface area contributed by atoms with Gasteiger partial charge in [0, 0.05) is 18.7 Å². The largest absolute Gasteiger partial charge is 0.326 e. The van der Waals surface area contributed by atoms with Crippen molar-refractivity contribution >= 4 is 33.1 Å². The summed E-state index contributed by atoms with van der Waals surface area (Å²) in [5.41, 5.74) is 2.90. The minimum absolute atomic E-state index is 0.0918. The van der Waals surface area contributed by atoms with E-state index in [4.69, 9.17) is 0 Å². The standard InChI is InChI=1S/C19H17N5O3S/c1-23(18-14-4-2-3-5-17(14)28(26,27)22-18)20-11-12-6-9-15-16(10-12)24(13-7-8-13)19(25)21-15/h2-6,9-11,13H,7-8H2,1H3,(H,21,25)/b20-11+. The smallest absolute Gasteiger partial charge is 0.306 e. The molecule has 142 valence electrons. The molecule has 0 saturated heterocycles. The van der Waals surface area contributed by atoms with Gasteiger partial charge in [-0.25, -0.2) is 9.80 Å². The molecule has 0 bridgehead atoms. The Bertz CT molecular complexity index is 1330. The lowest BCUT2D eigenvalue weighted by Crippen LogP contribution is -2.21. The van der Waals surface area contributed by atoms with Gasteiger partial charge in [0.2, 0.25) is 0 Å². The summed E-state index contributed by atoms with van der Waals surface area (Å²) >= 11 is 0. The van der Waals surface area contributed by atoms with Crippen molar-refractivity contribution in [1.29, 1.82) is 0 Å². The van der Waals surface area contributed by atoms with Crippen molar-refractivity contribution < 1.29 is 8.42 Å². The first-order valence-corrected chi connectivity index (χ1v) is 10.3. The van der Waals surface area contributed by atoms with Crippen molar-refractivity contribution in [2.24, 2.45) is 9.50 Å². The highest BCUT2D eigenvalue weighted by atomic mass is 32.2. The fraction of sp³-hybridized carbons (Fsp3) is 0.211. The summed E-state index contributed by atoms with van der Waals surface area (Å²) in [6.07, 6.45) is 3.66. The molecule has 2 aliphatic rings. The molecule has 8 nitrogen and oxygen atoms in total. The van der Waals surface area contributed by atoms with E-state index in [2.05, 4.69) is 14.5 Å². The number of hydrogen-bond acceptors (Lipinski definition) is 5. The molecule has 1 N–H and O–H groups in total. The molecule has 2 heterocycles. The normalized spacial score (nSPS) is 17.8. The summed E-state index contributed by atoms with van der Waals surface area (Å²) < 4.78 is 30.0. The van der Waals surface area contributed by atoms with Gasteiger partial charge in [-0.05, 0) is 42.7 Å². The predicted octanol–water partition coefficient (Wildman–Crippen LogP) is 2.08. The Balaban J connectivity index is 1.48. The van der Waals surface area contributed by atoms with Crippen molar-refractivity contribution in [2.75, 3.05) is 7.05 Å². The first-order chi connectivity index (χ1) is 13.4. The van der Waals surface area contributed by atoms with Gasteiger partial charge in [0.15, 0.2) is 5.84 Å². The van der Waals surface area contributed by atoms with E-state index < -0.39 is 10.0 Å². The van der Waals surface area contributed by atoms with E-state index in [0.717, 1.165) is 29.4 Å². The Morgan fingerprint density at radius 1 is 1.25 bits per heavy atom. The monoisotopic (exact) mass is 395 g/mol. The number of hydrazone groups is 1. The molecule has 9 heteroatoms. The van der Waals surface area contributed by atoms with Gasteiger partial charge < -0.3 is 4.98 Å². The van der Waals surface area contributed by atoms with Gasteiger partial charge in [-0.1, -0.05) is 18.2 Å². The molecule has 0 atom stereocenters. The number of sulfonamides is 1. The Labute approximate surface area is 160 Å². The Hall–Kier alpha value is -3.20. The lowest BCUT2D eigenvalue weighted by Gasteiger charge is -2.12. The van der Waals surface area contributed by atoms with Gasteiger partial charge in [-0.3, -0.25) is 4.57 Å². The SMILES string of the molecule is CN(/N=C/c1ccc2[nH]c(=O)n(C3CC3)c2c1)C1=NS(=O)(=O)c2ccccc21. The average molecular weight is 395 g/mol. The van der Waals surface area contributed by atoms with Crippen LogP contribution in [0.1, 0.15) is 30.0 Å². The second-order valence-electron chi connectivity index (χ2n) is 6.96. The zero-order chi connectivity index (χ0) is 19.5. The molecule has 1 aliphatic carbocycles. The van der Waals surface area contributed by atoms with Crippen molar-refractivity contribution in [3.8, 4) is 0 Å². The fourth-order valence-corrected chi connectivity index (χ4v) is 4.67. The highest BCUT2D eigenvalue weighted by Gasteiger charge is 2.30. The van der Waals surface area contributed by atoms with Crippen LogP contribution in [0.25, 0.3) is 11.0 Å². The molecular weight excluding hydrogens is 378 g/mol. The number of nitrogens with zero attached hydrogens (tertiary/aromatic N) is 4. The van der Waals surface area contributed by atoms with Crippen LogP contribution < -0.4 is 5.69 Å². The number of nitrogens with one attached hydrogen (secondary N) is 1. The van der Waals surface area contributed by atoms with Crippen molar-refractivity contribution in [2.45, 2.75) is 23.8 Å². The summed E-state index contributed by atoms with van der Waals surface area (Å²) in [6.45, 7) is 0. The number of aromatic amines is 1. The average Bonchev–Trinajstić information content (AvgIpc) is 3.40. The zero-order valence-corrected chi connectivity index (χ0v) is 15.8. The van der Waals surface area contributed by atoms with Crippen molar-refractivity contribution in [3.63, 3.8) is 0 Å². The third-order valence-electron chi connectivity index (χ3n) is 4.95. The van der Waals surface area contributed by atoms with Crippen LogP contribution >= 0.6 is 0 Å². The minimum atomic E-state index is -3.69. The maximum Gasteiger partial charge on any atom is 0.326 e. The number of imidazole rings is 1. The van der Waals surface area contributed by atoms with E-state index in [1.54, 1.807) is 36.0 Å². The third-order valence-corrected chi connectivity index (χ3v) is 6.28.